The number of carbonyl (C=O) groups is 1. The molecule has 0 bridgehead atoms. The topological polar surface area (TPSA) is 20.3 Å². The van der Waals surface area contributed by atoms with Gasteiger partial charge in [0, 0.05) is 22.4 Å². The van der Waals surface area contributed by atoms with E-state index in [4.69, 9.17) is 0 Å². The average Bonchev–Trinajstić information content (AvgIpc) is 2.38. The van der Waals surface area contributed by atoms with E-state index in [0.717, 1.165) is 25.0 Å². The summed E-state index contributed by atoms with van der Waals surface area (Å²) in [5.41, 5.74) is -0.743. The molecule has 1 aliphatic rings. The maximum atomic E-state index is 12.7. The van der Waals surface area contributed by atoms with Crippen molar-refractivity contribution in [3.8, 4) is 0 Å². The van der Waals surface area contributed by atoms with Crippen molar-refractivity contribution < 1.29 is 18.0 Å². The minimum atomic E-state index is -4.45. The van der Waals surface area contributed by atoms with Gasteiger partial charge in [0.1, 0.15) is 0 Å². The number of nitrogens with zero attached hydrogens (tertiary/aromatic N) is 1. The minimum absolute atomic E-state index is 0.0628. The highest BCUT2D eigenvalue weighted by atomic mass is 79.9. The molecule has 0 spiro atoms. The molecule has 0 N–H and O–H groups in total. The molecule has 7 heteroatoms. The molecule has 0 saturated carbocycles. The van der Waals surface area contributed by atoms with Gasteiger partial charge in [0.05, 0.1) is 11.1 Å². The van der Waals surface area contributed by atoms with Crippen molar-refractivity contribution in [2.45, 2.75) is 23.8 Å². The maximum absolute atomic E-state index is 12.7. The van der Waals surface area contributed by atoms with E-state index in [1.165, 1.54) is 6.07 Å². The molecule has 1 aromatic carbocycles. The highest BCUT2D eigenvalue weighted by Gasteiger charge is 2.32. The van der Waals surface area contributed by atoms with Gasteiger partial charge in [0.25, 0.3) is 5.91 Å². The normalized spacial score (nSPS) is 17.4. The van der Waals surface area contributed by atoms with Gasteiger partial charge in [-0.2, -0.15) is 13.2 Å². The van der Waals surface area contributed by atoms with Crippen LogP contribution in [0.25, 0.3) is 0 Å². The Morgan fingerprint density at radius 2 is 1.85 bits per heavy atom. The second-order valence-corrected chi connectivity index (χ2v) is 6.81. The third kappa shape index (κ3) is 3.55. The Labute approximate surface area is 131 Å². The molecule has 0 unspecified atom stereocenters. The molecule has 2 nitrogen and oxygen atoms in total. The van der Waals surface area contributed by atoms with Crippen LogP contribution in [-0.2, 0) is 6.18 Å². The van der Waals surface area contributed by atoms with Crippen molar-refractivity contribution in [3.63, 3.8) is 0 Å². The molecule has 1 amide bonds. The summed E-state index contributed by atoms with van der Waals surface area (Å²) in [4.78, 5) is 14.3. The number of piperidine rings is 1. The van der Waals surface area contributed by atoms with E-state index in [-0.39, 0.29) is 11.5 Å². The Morgan fingerprint density at radius 1 is 1.25 bits per heavy atom. The van der Waals surface area contributed by atoms with Crippen LogP contribution < -0.4 is 0 Å². The Morgan fingerprint density at radius 3 is 2.40 bits per heavy atom. The van der Waals surface area contributed by atoms with E-state index in [2.05, 4.69) is 31.9 Å². The fourth-order valence-electron chi connectivity index (χ4n) is 2.09. The van der Waals surface area contributed by atoms with Gasteiger partial charge in [-0.1, -0.05) is 15.9 Å². The highest BCUT2D eigenvalue weighted by molar-refractivity contribution is 9.10. The summed E-state index contributed by atoms with van der Waals surface area (Å²) < 4.78 is 38.5. The summed E-state index contributed by atoms with van der Waals surface area (Å²) in [5.74, 6) is -0.359. The van der Waals surface area contributed by atoms with Crippen molar-refractivity contribution in [2.75, 3.05) is 13.1 Å². The zero-order chi connectivity index (χ0) is 14.9. The molecule has 1 aliphatic heterocycles. The second kappa shape index (κ2) is 6.05. The van der Waals surface area contributed by atoms with Gasteiger partial charge in [-0.05, 0) is 47.0 Å². The minimum Gasteiger partial charge on any atom is -0.339 e. The summed E-state index contributed by atoms with van der Waals surface area (Å²) in [7, 11) is 0. The molecule has 2 rings (SSSR count). The van der Waals surface area contributed by atoms with Gasteiger partial charge in [-0.3, -0.25) is 4.79 Å². The van der Waals surface area contributed by atoms with Crippen LogP contribution in [0.3, 0.4) is 0 Å². The zero-order valence-corrected chi connectivity index (χ0v) is 13.6. The van der Waals surface area contributed by atoms with Crippen LogP contribution in [0.5, 0.6) is 0 Å². The Kier molecular flexibility index (Phi) is 4.79. The number of halogens is 5. The fourth-order valence-corrected chi connectivity index (χ4v) is 2.91. The second-order valence-electron chi connectivity index (χ2n) is 4.66. The van der Waals surface area contributed by atoms with E-state index in [0.29, 0.717) is 22.4 Å². The molecule has 20 heavy (non-hydrogen) atoms. The third-order valence-corrected chi connectivity index (χ3v) is 4.84. The van der Waals surface area contributed by atoms with E-state index >= 15 is 0 Å². The van der Waals surface area contributed by atoms with Crippen LogP contribution in [0.4, 0.5) is 13.2 Å². The first-order valence-electron chi connectivity index (χ1n) is 6.09. The standard InChI is InChI=1S/C13H12Br2F3NO/c14-9-3-5-19(6-4-9)12(20)10-7-8(13(16,17)18)1-2-11(10)15/h1-2,7,9H,3-6H2. The summed E-state index contributed by atoms with van der Waals surface area (Å²) >= 11 is 6.63. The molecule has 0 aliphatic carbocycles. The molecular weight excluding hydrogens is 403 g/mol. The van der Waals surface area contributed by atoms with Gasteiger partial charge in [-0.25, -0.2) is 0 Å². The molecule has 0 radical (unpaired) electrons. The lowest BCUT2D eigenvalue weighted by atomic mass is 10.1. The molecule has 1 saturated heterocycles. The van der Waals surface area contributed by atoms with Gasteiger partial charge in [0.2, 0.25) is 0 Å². The maximum Gasteiger partial charge on any atom is 0.416 e. The SMILES string of the molecule is O=C(c1cc(C(F)(F)F)ccc1Br)N1CCC(Br)CC1. The third-order valence-electron chi connectivity index (χ3n) is 3.24. The Balaban J connectivity index is 2.25. The van der Waals surface area contributed by atoms with Crippen LogP contribution in [0.15, 0.2) is 22.7 Å². The van der Waals surface area contributed by atoms with Crippen molar-refractivity contribution in [1.82, 2.24) is 4.90 Å². The lowest BCUT2D eigenvalue weighted by Gasteiger charge is -2.30. The predicted molar refractivity (Wildman–Crippen MR) is 77.0 cm³/mol. The molecule has 1 aromatic rings. The Bertz CT molecular complexity index is 511. The van der Waals surface area contributed by atoms with Crippen molar-refractivity contribution >= 4 is 37.8 Å². The van der Waals surface area contributed by atoms with E-state index in [9.17, 15) is 18.0 Å². The number of hydrogen-bond donors (Lipinski definition) is 0. The Hall–Kier alpha value is -0.560. The quantitative estimate of drug-likeness (QED) is 0.621. The summed E-state index contributed by atoms with van der Waals surface area (Å²) in [6.07, 6.45) is -2.83. The average molecular weight is 415 g/mol. The first-order valence-corrected chi connectivity index (χ1v) is 7.80. The van der Waals surface area contributed by atoms with Crippen LogP contribution in [0.2, 0.25) is 0 Å². The summed E-state index contributed by atoms with van der Waals surface area (Å²) in [6, 6.07) is 3.14. The van der Waals surface area contributed by atoms with Crippen LogP contribution in [-0.4, -0.2) is 28.7 Å². The van der Waals surface area contributed by atoms with Crippen LogP contribution in [0, 0.1) is 0 Å². The largest absolute Gasteiger partial charge is 0.416 e. The van der Waals surface area contributed by atoms with Crippen molar-refractivity contribution in [2.24, 2.45) is 0 Å². The molecule has 0 atom stereocenters. The van der Waals surface area contributed by atoms with Crippen LogP contribution >= 0.6 is 31.9 Å². The summed E-state index contributed by atoms with van der Waals surface area (Å²) in [5, 5.41) is 0. The predicted octanol–water partition coefficient (Wildman–Crippen LogP) is 4.47. The summed E-state index contributed by atoms with van der Waals surface area (Å²) in [6.45, 7) is 1.11. The molecule has 1 fully saturated rings. The highest BCUT2D eigenvalue weighted by Crippen LogP contribution is 2.32. The molecule has 0 aromatic heterocycles. The van der Waals surface area contributed by atoms with Gasteiger partial charge < -0.3 is 4.90 Å². The number of rotatable bonds is 1. The van der Waals surface area contributed by atoms with Gasteiger partial charge >= 0.3 is 6.18 Å². The lowest BCUT2D eigenvalue weighted by molar-refractivity contribution is -0.137. The lowest BCUT2D eigenvalue weighted by Crippen LogP contribution is -2.38. The number of likely N-dealkylation sites (tertiary alicyclic amines) is 1. The van der Waals surface area contributed by atoms with Crippen LogP contribution in [0.1, 0.15) is 28.8 Å². The van der Waals surface area contributed by atoms with Gasteiger partial charge in [0.15, 0.2) is 0 Å². The molecular formula is C13H12Br2F3NO. The number of alkyl halides is 4. The van der Waals surface area contributed by atoms with E-state index < -0.39 is 11.7 Å². The fraction of sp³-hybridized carbons (Fsp3) is 0.462. The van der Waals surface area contributed by atoms with E-state index in [1.54, 1.807) is 4.90 Å². The number of hydrogen-bond acceptors (Lipinski definition) is 1. The monoisotopic (exact) mass is 413 g/mol. The number of carbonyl (C=O) groups excluding carboxylic acids is 1. The molecule has 1 heterocycles. The smallest absolute Gasteiger partial charge is 0.339 e. The first-order chi connectivity index (χ1) is 9.29. The van der Waals surface area contributed by atoms with Crippen molar-refractivity contribution in [1.29, 1.82) is 0 Å². The first kappa shape index (κ1) is 15.8. The van der Waals surface area contributed by atoms with E-state index in [1.807, 2.05) is 0 Å². The zero-order valence-electron chi connectivity index (χ0n) is 10.4. The molecule has 110 valence electrons. The van der Waals surface area contributed by atoms with Crippen molar-refractivity contribution in [3.05, 3.63) is 33.8 Å². The number of benzene rings is 1. The number of amides is 1. The van der Waals surface area contributed by atoms with Gasteiger partial charge in [-0.15, -0.1) is 0 Å².